The van der Waals surface area contributed by atoms with Gasteiger partial charge in [0, 0.05) is 37.4 Å². The maximum absolute atomic E-state index is 12.4. The summed E-state index contributed by atoms with van der Waals surface area (Å²) in [7, 11) is 0. The van der Waals surface area contributed by atoms with Gasteiger partial charge in [0.1, 0.15) is 0 Å². The third-order valence-electron chi connectivity index (χ3n) is 3.89. The fourth-order valence-electron chi connectivity index (χ4n) is 2.69. The van der Waals surface area contributed by atoms with Crippen LogP contribution in [0.3, 0.4) is 0 Å². The fraction of sp³-hybridized carbons (Fsp3) is 0.625. The SMILES string of the molecule is CC(C)N(Cc1cccnc1)C(=O)CCC1CCCN1. The molecule has 0 radical (unpaired) electrons. The van der Waals surface area contributed by atoms with Crippen LogP contribution in [0.15, 0.2) is 24.5 Å². The van der Waals surface area contributed by atoms with E-state index in [-0.39, 0.29) is 11.9 Å². The van der Waals surface area contributed by atoms with Gasteiger partial charge in [0.2, 0.25) is 5.91 Å². The van der Waals surface area contributed by atoms with Crippen LogP contribution >= 0.6 is 0 Å². The van der Waals surface area contributed by atoms with E-state index in [1.807, 2.05) is 23.2 Å². The van der Waals surface area contributed by atoms with Crippen LogP contribution in [0.25, 0.3) is 0 Å². The van der Waals surface area contributed by atoms with Crippen LogP contribution < -0.4 is 5.32 Å². The molecule has 1 atom stereocenters. The Hall–Kier alpha value is -1.42. The molecule has 1 saturated heterocycles. The summed E-state index contributed by atoms with van der Waals surface area (Å²) in [6.45, 7) is 5.90. The Balaban J connectivity index is 1.88. The highest BCUT2D eigenvalue weighted by Gasteiger charge is 2.20. The topological polar surface area (TPSA) is 45.2 Å². The zero-order valence-electron chi connectivity index (χ0n) is 12.5. The molecule has 1 aromatic heterocycles. The molecule has 0 spiro atoms. The van der Waals surface area contributed by atoms with Crippen LogP contribution in [-0.4, -0.2) is 34.4 Å². The lowest BCUT2D eigenvalue weighted by Crippen LogP contribution is -2.37. The van der Waals surface area contributed by atoms with Gasteiger partial charge in [-0.2, -0.15) is 0 Å². The van der Waals surface area contributed by atoms with Gasteiger partial charge in [-0.25, -0.2) is 0 Å². The molecule has 0 aromatic carbocycles. The maximum Gasteiger partial charge on any atom is 0.223 e. The number of hydrogen-bond acceptors (Lipinski definition) is 3. The van der Waals surface area contributed by atoms with Gasteiger partial charge >= 0.3 is 0 Å². The highest BCUT2D eigenvalue weighted by Crippen LogP contribution is 2.14. The molecular formula is C16H25N3O. The van der Waals surface area contributed by atoms with Crippen molar-refractivity contribution in [3.8, 4) is 0 Å². The largest absolute Gasteiger partial charge is 0.336 e. The van der Waals surface area contributed by atoms with Crippen LogP contribution in [0.4, 0.5) is 0 Å². The second kappa shape index (κ2) is 7.39. The zero-order chi connectivity index (χ0) is 14.4. The molecule has 1 amide bonds. The molecule has 0 saturated carbocycles. The van der Waals surface area contributed by atoms with Crippen LogP contribution in [0.5, 0.6) is 0 Å². The molecule has 0 aliphatic carbocycles. The number of nitrogens with one attached hydrogen (secondary N) is 1. The van der Waals surface area contributed by atoms with E-state index in [4.69, 9.17) is 0 Å². The molecule has 0 bridgehead atoms. The Labute approximate surface area is 121 Å². The van der Waals surface area contributed by atoms with Gasteiger partial charge < -0.3 is 10.2 Å². The van der Waals surface area contributed by atoms with Crippen molar-refractivity contribution < 1.29 is 4.79 Å². The first-order valence-corrected chi connectivity index (χ1v) is 7.58. The van der Waals surface area contributed by atoms with E-state index >= 15 is 0 Å². The fourth-order valence-corrected chi connectivity index (χ4v) is 2.69. The lowest BCUT2D eigenvalue weighted by molar-refractivity contribution is -0.133. The second-order valence-electron chi connectivity index (χ2n) is 5.81. The predicted molar refractivity (Wildman–Crippen MR) is 80.2 cm³/mol. The highest BCUT2D eigenvalue weighted by molar-refractivity contribution is 5.76. The van der Waals surface area contributed by atoms with E-state index in [0.717, 1.165) is 18.5 Å². The van der Waals surface area contributed by atoms with Crippen molar-refractivity contribution in [1.82, 2.24) is 15.2 Å². The van der Waals surface area contributed by atoms with Gasteiger partial charge in [0.15, 0.2) is 0 Å². The summed E-state index contributed by atoms with van der Waals surface area (Å²) >= 11 is 0. The summed E-state index contributed by atoms with van der Waals surface area (Å²) in [5.41, 5.74) is 1.09. The molecule has 2 rings (SSSR count). The monoisotopic (exact) mass is 275 g/mol. The summed E-state index contributed by atoms with van der Waals surface area (Å²) in [4.78, 5) is 18.5. The van der Waals surface area contributed by atoms with Gasteiger partial charge in [-0.05, 0) is 51.3 Å². The first-order chi connectivity index (χ1) is 9.66. The zero-order valence-corrected chi connectivity index (χ0v) is 12.5. The maximum atomic E-state index is 12.4. The minimum Gasteiger partial charge on any atom is -0.336 e. The number of pyridine rings is 1. The first kappa shape index (κ1) is 15.0. The molecule has 4 heteroatoms. The summed E-state index contributed by atoms with van der Waals surface area (Å²) in [6, 6.07) is 4.69. The van der Waals surface area contributed by atoms with E-state index in [1.165, 1.54) is 12.8 Å². The standard InChI is InChI=1S/C16H25N3O/c1-13(2)19(12-14-5-3-9-17-11-14)16(20)8-7-15-6-4-10-18-15/h3,5,9,11,13,15,18H,4,6-8,10,12H2,1-2H3. The number of rotatable bonds is 6. The molecule has 1 aromatic rings. The number of aromatic nitrogens is 1. The van der Waals surface area contributed by atoms with Crippen molar-refractivity contribution in [3.05, 3.63) is 30.1 Å². The number of nitrogens with zero attached hydrogens (tertiary/aromatic N) is 2. The van der Waals surface area contributed by atoms with Crippen LogP contribution in [0.1, 0.15) is 45.1 Å². The molecule has 1 aliphatic rings. The molecule has 110 valence electrons. The minimum absolute atomic E-state index is 0.222. The minimum atomic E-state index is 0.222. The predicted octanol–water partition coefficient (Wildman–Crippen LogP) is 2.35. The van der Waals surface area contributed by atoms with E-state index < -0.39 is 0 Å². The number of amides is 1. The van der Waals surface area contributed by atoms with Crippen LogP contribution in [0.2, 0.25) is 0 Å². The first-order valence-electron chi connectivity index (χ1n) is 7.58. The molecule has 4 nitrogen and oxygen atoms in total. The van der Waals surface area contributed by atoms with Crippen molar-refractivity contribution in [2.45, 2.75) is 58.2 Å². The van der Waals surface area contributed by atoms with Gasteiger partial charge in [0.25, 0.3) is 0 Å². The Morgan fingerprint density at radius 3 is 3.00 bits per heavy atom. The van der Waals surface area contributed by atoms with Crippen molar-refractivity contribution >= 4 is 5.91 Å². The average Bonchev–Trinajstić information content (AvgIpc) is 2.96. The molecule has 1 fully saturated rings. The van der Waals surface area contributed by atoms with Gasteiger partial charge in [-0.15, -0.1) is 0 Å². The van der Waals surface area contributed by atoms with Crippen molar-refractivity contribution in [3.63, 3.8) is 0 Å². The molecule has 2 heterocycles. The lowest BCUT2D eigenvalue weighted by atomic mass is 10.1. The number of carbonyl (C=O) groups is 1. The van der Waals surface area contributed by atoms with Gasteiger partial charge in [0.05, 0.1) is 0 Å². The van der Waals surface area contributed by atoms with Crippen molar-refractivity contribution in [2.24, 2.45) is 0 Å². The third kappa shape index (κ3) is 4.30. The Morgan fingerprint density at radius 1 is 1.55 bits per heavy atom. The van der Waals surface area contributed by atoms with Crippen molar-refractivity contribution in [1.29, 1.82) is 0 Å². The van der Waals surface area contributed by atoms with E-state index in [0.29, 0.717) is 19.0 Å². The Bertz CT molecular complexity index is 413. The summed E-state index contributed by atoms with van der Waals surface area (Å²) in [5, 5.41) is 3.45. The lowest BCUT2D eigenvalue weighted by Gasteiger charge is -2.27. The highest BCUT2D eigenvalue weighted by atomic mass is 16.2. The Morgan fingerprint density at radius 2 is 2.40 bits per heavy atom. The summed E-state index contributed by atoms with van der Waals surface area (Å²) < 4.78 is 0. The summed E-state index contributed by atoms with van der Waals surface area (Å²) in [5.74, 6) is 0.248. The second-order valence-corrected chi connectivity index (χ2v) is 5.81. The third-order valence-corrected chi connectivity index (χ3v) is 3.89. The smallest absolute Gasteiger partial charge is 0.223 e. The van der Waals surface area contributed by atoms with Crippen molar-refractivity contribution in [2.75, 3.05) is 6.54 Å². The molecule has 1 aliphatic heterocycles. The molecule has 1 unspecified atom stereocenters. The normalized spacial score (nSPS) is 18.4. The van der Waals surface area contributed by atoms with Crippen LogP contribution in [0, 0.1) is 0 Å². The number of carbonyl (C=O) groups excluding carboxylic acids is 1. The molecule has 20 heavy (non-hydrogen) atoms. The van der Waals surface area contributed by atoms with E-state index in [9.17, 15) is 4.79 Å². The quantitative estimate of drug-likeness (QED) is 0.867. The number of hydrogen-bond donors (Lipinski definition) is 1. The van der Waals surface area contributed by atoms with E-state index in [1.54, 1.807) is 6.20 Å². The van der Waals surface area contributed by atoms with E-state index in [2.05, 4.69) is 24.1 Å². The average molecular weight is 275 g/mol. The van der Waals surface area contributed by atoms with Gasteiger partial charge in [-0.3, -0.25) is 9.78 Å². The van der Waals surface area contributed by atoms with Crippen LogP contribution in [-0.2, 0) is 11.3 Å². The van der Waals surface area contributed by atoms with Gasteiger partial charge in [-0.1, -0.05) is 6.07 Å². The summed E-state index contributed by atoms with van der Waals surface area (Å²) in [6.07, 6.45) is 7.63. The molecule has 1 N–H and O–H groups in total. The Kier molecular flexibility index (Phi) is 5.53. The molecular weight excluding hydrogens is 250 g/mol.